The van der Waals surface area contributed by atoms with Crippen LogP contribution in [0, 0.1) is 26.1 Å². The van der Waals surface area contributed by atoms with E-state index in [-0.39, 0.29) is 24.0 Å². The smallest absolute Gasteiger partial charge is 0.314 e. The molecule has 0 saturated heterocycles. The lowest BCUT2D eigenvalue weighted by Gasteiger charge is -2.10. The fourth-order valence-corrected chi connectivity index (χ4v) is 2.47. The van der Waals surface area contributed by atoms with Gasteiger partial charge in [-0.15, -0.1) is 0 Å². The van der Waals surface area contributed by atoms with Gasteiger partial charge in [-0.2, -0.15) is 5.10 Å². The third-order valence-electron chi connectivity index (χ3n) is 3.61. The van der Waals surface area contributed by atoms with Gasteiger partial charge in [0.15, 0.2) is 0 Å². The standard InChI is InChI=1S/C14H16N4O6/c1-2-24-14(19)10-4-3-5-11(10)15-16-12-7-6-9(17(20)21)8-13(12)18(22)23/h6-8,10,16H,2-5H2,1H3/t10-/m0/s1. The number of esters is 1. The van der Waals surface area contributed by atoms with Crippen LogP contribution in [-0.4, -0.2) is 28.1 Å². The van der Waals surface area contributed by atoms with E-state index in [9.17, 15) is 25.0 Å². The van der Waals surface area contributed by atoms with E-state index in [2.05, 4.69) is 10.5 Å². The van der Waals surface area contributed by atoms with E-state index in [0.29, 0.717) is 18.6 Å². The summed E-state index contributed by atoms with van der Waals surface area (Å²) in [5.74, 6) is -0.830. The van der Waals surface area contributed by atoms with E-state index in [4.69, 9.17) is 4.74 Å². The monoisotopic (exact) mass is 336 g/mol. The van der Waals surface area contributed by atoms with Crippen molar-refractivity contribution in [1.82, 2.24) is 0 Å². The van der Waals surface area contributed by atoms with Crippen molar-refractivity contribution in [1.29, 1.82) is 0 Å². The van der Waals surface area contributed by atoms with E-state index < -0.39 is 21.5 Å². The highest BCUT2D eigenvalue weighted by molar-refractivity contribution is 6.03. The topological polar surface area (TPSA) is 137 Å². The molecular formula is C14H16N4O6. The van der Waals surface area contributed by atoms with Crippen molar-refractivity contribution in [2.45, 2.75) is 26.2 Å². The number of carbonyl (C=O) groups excluding carboxylic acids is 1. The van der Waals surface area contributed by atoms with Crippen LogP contribution in [0.4, 0.5) is 17.1 Å². The molecule has 1 aromatic carbocycles. The number of nitrogens with one attached hydrogen (secondary N) is 1. The first-order chi connectivity index (χ1) is 11.4. The van der Waals surface area contributed by atoms with Crippen molar-refractivity contribution in [3.8, 4) is 0 Å². The Morgan fingerprint density at radius 3 is 2.75 bits per heavy atom. The Kier molecular flexibility index (Phi) is 5.40. The highest BCUT2D eigenvalue weighted by Crippen LogP contribution is 2.30. The van der Waals surface area contributed by atoms with Crippen LogP contribution in [0.5, 0.6) is 0 Å². The van der Waals surface area contributed by atoms with Crippen LogP contribution >= 0.6 is 0 Å². The summed E-state index contributed by atoms with van der Waals surface area (Å²) in [7, 11) is 0. The SMILES string of the molecule is CCOC(=O)[C@H]1CCCC1=NNc1ccc([N+](=O)[O-])cc1[N+](=O)[O-]. The molecule has 1 N–H and O–H groups in total. The van der Waals surface area contributed by atoms with Gasteiger partial charge in [0.25, 0.3) is 5.69 Å². The average Bonchev–Trinajstić information content (AvgIpc) is 3.01. The fraction of sp³-hybridized carbons (Fsp3) is 0.429. The maximum atomic E-state index is 11.8. The van der Waals surface area contributed by atoms with Crippen molar-refractivity contribution in [2.75, 3.05) is 12.0 Å². The first-order valence-electron chi connectivity index (χ1n) is 7.36. The fourth-order valence-electron chi connectivity index (χ4n) is 2.47. The molecule has 128 valence electrons. The van der Waals surface area contributed by atoms with Crippen molar-refractivity contribution >= 4 is 28.7 Å². The zero-order chi connectivity index (χ0) is 17.7. The summed E-state index contributed by atoms with van der Waals surface area (Å²) >= 11 is 0. The number of ether oxygens (including phenoxy) is 1. The van der Waals surface area contributed by atoms with Crippen molar-refractivity contribution in [3.05, 3.63) is 38.4 Å². The van der Waals surface area contributed by atoms with Gasteiger partial charge >= 0.3 is 11.7 Å². The van der Waals surface area contributed by atoms with Crippen LogP contribution in [0.15, 0.2) is 23.3 Å². The third-order valence-corrected chi connectivity index (χ3v) is 3.61. The summed E-state index contributed by atoms with van der Waals surface area (Å²) in [6, 6.07) is 3.22. The number of hydrogen-bond donors (Lipinski definition) is 1. The van der Waals surface area contributed by atoms with E-state index in [1.165, 1.54) is 6.07 Å². The Morgan fingerprint density at radius 2 is 2.12 bits per heavy atom. The zero-order valence-electron chi connectivity index (χ0n) is 12.9. The normalized spacial score (nSPS) is 18.4. The molecule has 0 bridgehead atoms. The van der Waals surface area contributed by atoms with E-state index >= 15 is 0 Å². The zero-order valence-corrected chi connectivity index (χ0v) is 12.9. The van der Waals surface area contributed by atoms with Crippen LogP contribution in [-0.2, 0) is 9.53 Å². The lowest BCUT2D eigenvalue weighted by Crippen LogP contribution is -2.22. The van der Waals surface area contributed by atoms with Gasteiger partial charge in [-0.3, -0.25) is 30.4 Å². The Hall–Kier alpha value is -3.04. The molecule has 1 aliphatic rings. The van der Waals surface area contributed by atoms with Crippen LogP contribution in [0.3, 0.4) is 0 Å². The number of rotatable bonds is 6. The number of hydrazone groups is 1. The molecule has 0 amide bonds. The summed E-state index contributed by atoms with van der Waals surface area (Å²) in [6.07, 6.45) is 1.96. The van der Waals surface area contributed by atoms with Gasteiger partial charge in [0.2, 0.25) is 0 Å². The first kappa shape index (κ1) is 17.3. The molecule has 1 saturated carbocycles. The molecule has 24 heavy (non-hydrogen) atoms. The maximum Gasteiger partial charge on any atom is 0.314 e. The lowest BCUT2D eigenvalue weighted by molar-refractivity contribution is -0.393. The van der Waals surface area contributed by atoms with Gasteiger partial charge in [0, 0.05) is 6.07 Å². The van der Waals surface area contributed by atoms with E-state index in [1.54, 1.807) is 6.92 Å². The largest absolute Gasteiger partial charge is 0.465 e. The number of nitro benzene ring substituents is 2. The van der Waals surface area contributed by atoms with Crippen LogP contribution in [0.25, 0.3) is 0 Å². The second-order valence-electron chi connectivity index (χ2n) is 5.13. The molecule has 0 spiro atoms. The molecule has 2 rings (SSSR count). The van der Waals surface area contributed by atoms with Crippen LogP contribution < -0.4 is 5.43 Å². The van der Waals surface area contributed by atoms with Gasteiger partial charge in [0.1, 0.15) is 5.69 Å². The van der Waals surface area contributed by atoms with Gasteiger partial charge in [-0.05, 0) is 32.3 Å². The molecule has 10 heteroatoms. The number of nitro groups is 2. The first-order valence-corrected chi connectivity index (χ1v) is 7.36. The summed E-state index contributed by atoms with van der Waals surface area (Å²) in [5, 5.41) is 25.9. The minimum atomic E-state index is -0.729. The average molecular weight is 336 g/mol. The molecular weight excluding hydrogens is 320 g/mol. The van der Waals surface area contributed by atoms with E-state index in [1.807, 2.05) is 0 Å². The van der Waals surface area contributed by atoms with Crippen LogP contribution in [0.1, 0.15) is 26.2 Å². The maximum absolute atomic E-state index is 11.8. The number of nitrogens with zero attached hydrogens (tertiary/aromatic N) is 3. The Bertz CT molecular complexity index is 703. The predicted molar refractivity (Wildman–Crippen MR) is 84.8 cm³/mol. The second kappa shape index (κ2) is 7.49. The summed E-state index contributed by atoms with van der Waals surface area (Å²) in [4.78, 5) is 32.2. The molecule has 10 nitrogen and oxygen atoms in total. The van der Waals surface area contributed by atoms with Gasteiger partial charge in [-0.25, -0.2) is 0 Å². The highest BCUT2D eigenvalue weighted by Gasteiger charge is 2.31. The molecule has 1 aliphatic carbocycles. The number of benzene rings is 1. The van der Waals surface area contributed by atoms with Crippen LogP contribution in [0.2, 0.25) is 0 Å². The third kappa shape index (κ3) is 3.83. The highest BCUT2D eigenvalue weighted by atomic mass is 16.6. The summed E-state index contributed by atoms with van der Waals surface area (Å²) in [5.41, 5.74) is 2.28. The van der Waals surface area contributed by atoms with Gasteiger partial charge in [-0.1, -0.05) is 0 Å². The Balaban J connectivity index is 2.22. The predicted octanol–water partition coefficient (Wildman–Crippen LogP) is 2.63. The molecule has 0 aromatic heterocycles. The lowest BCUT2D eigenvalue weighted by atomic mass is 10.1. The number of anilines is 1. The molecule has 0 radical (unpaired) electrons. The van der Waals surface area contributed by atoms with Gasteiger partial charge in [0.05, 0.1) is 34.1 Å². The summed E-state index contributed by atoms with van der Waals surface area (Å²) < 4.78 is 4.98. The van der Waals surface area contributed by atoms with Crippen molar-refractivity contribution in [3.63, 3.8) is 0 Å². The minimum absolute atomic E-state index is 0.0209. The molecule has 0 aliphatic heterocycles. The summed E-state index contributed by atoms with van der Waals surface area (Å²) in [6.45, 7) is 1.98. The quantitative estimate of drug-likeness (QED) is 0.479. The second-order valence-corrected chi connectivity index (χ2v) is 5.13. The van der Waals surface area contributed by atoms with Crippen molar-refractivity contribution in [2.24, 2.45) is 11.0 Å². The Labute approximate surface area is 136 Å². The number of carbonyl (C=O) groups is 1. The molecule has 0 heterocycles. The number of non-ortho nitro benzene ring substituents is 1. The van der Waals surface area contributed by atoms with Crippen molar-refractivity contribution < 1.29 is 19.4 Å². The van der Waals surface area contributed by atoms with Gasteiger partial charge < -0.3 is 4.74 Å². The molecule has 1 atom stereocenters. The number of hydrogen-bond acceptors (Lipinski definition) is 8. The molecule has 1 aromatic rings. The van der Waals surface area contributed by atoms with E-state index in [0.717, 1.165) is 18.6 Å². The molecule has 0 unspecified atom stereocenters. The molecule has 1 fully saturated rings. The Morgan fingerprint density at radius 1 is 1.38 bits per heavy atom. The minimum Gasteiger partial charge on any atom is -0.465 e.